The second-order valence-electron chi connectivity index (χ2n) is 9.05. The zero-order valence-electron chi connectivity index (χ0n) is 19.2. The van der Waals surface area contributed by atoms with E-state index in [1.165, 1.54) is 6.42 Å². The highest BCUT2D eigenvalue weighted by Crippen LogP contribution is 2.30. The van der Waals surface area contributed by atoms with Gasteiger partial charge < -0.3 is 15.0 Å². The van der Waals surface area contributed by atoms with Gasteiger partial charge in [-0.3, -0.25) is 14.6 Å². The maximum absolute atomic E-state index is 13.3. The SMILES string of the molecule is C=CCNC(=O)[C@]1(Cc2ccc(-c3cccnc3)cc2)CN(C(=O)C2CCCCC2)CCO1. The van der Waals surface area contributed by atoms with Crippen molar-refractivity contribution in [2.24, 2.45) is 5.92 Å². The third-order valence-electron chi connectivity index (χ3n) is 6.71. The molecule has 1 aromatic carbocycles. The second-order valence-corrected chi connectivity index (χ2v) is 9.05. The molecule has 0 spiro atoms. The van der Waals surface area contributed by atoms with E-state index in [9.17, 15) is 9.59 Å². The van der Waals surface area contributed by atoms with E-state index < -0.39 is 5.60 Å². The summed E-state index contributed by atoms with van der Waals surface area (Å²) in [4.78, 5) is 32.6. The lowest BCUT2D eigenvalue weighted by atomic mass is 9.86. The number of benzene rings is 1. The van der Waals surface area contributed by atoms with Gasteiger partial charge in [0.2, 0.25) is 5.91 Å². The number of nitrogens with one attached hydrogen (secondary N) is 1. The van der Waals surface area contributed by atoms with Crippen LogP contribution in [0.3, 0.4) is 0 Å². The maximum Gasteiger partial charge on any atom is 0.254 e. The van der Waals surface area contributed by atoms with Crippen molar-refractivity contribution in [2.75, 3.05) is 26.2 Å². The zero-order valence-corrected chi connectivity index (χ0v) is 19.2. The van der Waals surface area contributed by atoms with Crippen molar-refractivity contribution in [1.29, 1.82) is 0 Å². The molecule has 1 aliphatic heterocycles. The van der Waals surface area contributed by atoms with Gasteiger partial charge >= 0.3 is 0 Å². The molecule has 2 aromatic rings. The average molecular weight is 448 g/mol. The first-order valence-electron chi connectivity index (χ1n) is 11.9. The number of carbonyl (C=O) groups excluding carboxylic acids is 2. The number of aromatic nitrogens is 1. The fourth-order valence-electron chi connectivity index (χ4n) is 4.91. The highest BCUT2D eigenvalue weighted by molar-refractivity contribution is 5.88. The third-order valence-corrected chi connectivity index (χ3v) is 6.71. The molecule has 2 amide bonds. The average Bonchev–Trinajstić information content (AvgIpc) is 2.88. The minimum absolute atomic E-state index is 0.0737. The van der Waals surface area contributed by atoms with Crippen molar-refractivity contribution in [3.63, 3.8) is 0 Å². The van der Waals surface area contributed by atoms with Crippen LogP contribution in [0.15, 0.2) is 61.4 Å². The van der Waals surface area contributed by atoms with Crippen molar-refractivity contribution in [3.05, 3.63) is 67.0 Å². The first-order valence-corrected chi connectivity index (χ1v) is 11.9. The van der Waals surface area contributed by atoms with Crippen LogP contribution in [0.4, 0.5) is 0 Å². The van der Waals surface area contributed by atoms with Crippen LogP contribution in [0.2, 0.25) is 0 Å². The van der Waals surface area contributed by atoms with Crippen molar-refractivity contribution in [3.8, 4) is 11.1 Å². The standard InChI is InChI=1S/C27H33N3O3/c1-2-14-29-26(32)27(18-21-10-12-22(13-11-21)24-9-6-15-28-19-24)20-30(16-17-33-27)25(31)23-7-4-3-5-8-23/h2,6,9-13,15,19,23H,1,3-5,7-8,14,16-18,20H2,(H,29,32)/t27-/m0/s1. The Labute approximate surface area is 196 Å². The molecule has 2 heterocycles. The van der Waals surface area contributed by atoms with E-state index in [2.05, 4.69) is 16.9 Å². The number of hydrogen-bond donors (Lipinski definition) is 1. The lowest BCUT2D eigenvalue weighted by Crippen LogP contribution is -2.62. The summed E-state index contributed by atoms with van der Waals surface area (Å²) in [6.45, 7) is 5.23. The number of amides is 2. The molecule has 1 atom stereocenters. The lowest BCUT2D eigenvalue weighted by Gasteiger charge is -2.43. The molecule has 33 heavy (non-hydrogen) atoms. The van der Waals surface area contributed by atoms with Crippen molar-refractivity contribution in [2.45, 2.75) is 44.1 Å². The molecule has 0 unspecified atom stereocenters. The van der Waals surface area contributed by atoms with Gasteiger partial charge in [0.1, 0.15) is 0 Å². The van der Waals surface area contributed by atoms with Gasteiger partial charge in [0, 0.05) is 37.8 Å². The topological polar surface area (TPSA) is 71.5 Å². The van der Waals surface area contributed by atoms with Gasteiger partial charge in [0.05, 0.1) is 13.2 Å². The van der Waals surface area contributed by atoms with Gasteiger partial charge in [-0.1, -0.05) is 55.7 Å². The van der Waals surface area contributed by atoms with Crippen LogP contribution in [-0.2, 0) is 20.7 Å². The number of pyridine rings is 1. The largest absolute Gasteiger partial charge is 0.361 e. The van der Waals surface area contributed by atoms with Crippen LogP contribution in [-0.4, -0.2) is 53.5 Å². The molecule has 2 aliphatic rings. The molecule has 6 nitrogen and oxygen atoms in total. The van der Waals surface area contributed by atoms with E-state index in [4.69, 9.17) is 4.74 Å². The summed E-state index contributed by atoms with van der Waals surface area (Å²) in [5.41, 5.74) is 1.99. The van der Waals surface area contributed by atoms with Crippen LogP contribution in [0.25, 0.3) is 11.1 Å². The predicted octanol–water partition coefficient (Wildman–Crippen LogP) is 3.77. The molecule has 4 rings (SSSR count). The van der Waals surface area contributed by atoms with E-state index in [0.717, 1.165) is 42.4 Å². The monoisotopic (exact) mass is 447 g/mol. The van der Waals surface area contributed by atoms with Gasteiger partial charge in [0.25, 0.3) is 5.91 Å². The van der Waals surface area contributed by atoms with Crippen LogP contribution >= 0.6 is 0 Å². The summed E-state index contributed by atoms with van der Waals surface area (Å²) >= 11 is 0. The zero-order chi connectivity index (χ0) is 23.1. The Kier molecular flexibility index (Phi) is 7.55. The Bertz CT molecular complexity index is 954. The molecule has 1 N–H and O–H groups in total. The van der Waals surface area contributed by atoms with E-state index in [1.807, 2.05) is 47.5 Å². The number of morpholine rings is 1. The molecule has 1 aliphatic carbocycles. The van der Waals surface area contributed by atoms with Crippen LogP contribution < -0.4 is 5.32 Å². The first-order chi connectivity index (χ1) is 16.1. The van der Waals surface area contributed by atoms with Crippen molar-refractivity contribution in [1.82, 2.24) is 15.2 Å². The molecule has 0 bridgehead atoms. The molecule has 1 saturated carbocycles. The van der Waals surface area contributed by atoms with Crippen LogP contribution in [0, 0.1) is 5.92 Å². The van der Waals surface area contributed by atoms with Crippen LogP contribution in [0.1, 0.15) is 37.7 Å². The minimum Gasteiger partial charge on any atom is -0.361 e. The van der Waals surface area contributed by atoms with E-state index >= 15 is 0 Å². The number of nitrogens with zero attached hydrogens (tertiary/aromatic N) is 2. The number of rotatable bonds is 7. The molecule has 0 radical (unpaired) electrons. The quantitative estimate of drug-likeness (QED) is 0.656. The highest BCUT2D eigenvalue weighted by atomic mass is 16.5. The molecule has 174 valence electrons. The summed E-state index contributed by atoms with van der Waals surface area (Å²) in [5, 5.41) is 2.91. The fourth-order valence-corrected chi connectivity index (χ4v) is 4.91. The van der Waals surface area contributed by atoms with E-state index in [1.54, 1.807) is 12.3 Å². The van der Waals surface area contributed by atoms with Gasteiger partial charge in [-0.15, -0.1) is 6.58 Å². The number of hydrogen-bond acceptors (Lipinski definition) is 4. The van der Waals surface area contributed by atoms with Gasteiger partial charge in [-0.25, -0.2) is 0 Å². The summed E-state index contributed by atoms with van der Waals surface area (Å²) < 4.78 is 6.16. The Morgan fingerprint density at radius 3 is 2.64 bits per heavy atom. The highest BCUT2D eigenvalue weighted by Gasteiger charge is 2.45. The van der Waals surface area contributed by atoms with Crippen molar-refractivity contribution < 1.29 is 14.3 Å². The van der Waals surface area contributed by atoms with Crippen molar-refractivity contribution >= 4 is 11.8 Å². The molecule has 1 saturated heterocycles. The minimum atomic E-state index is -1.11. The Morgan fingerprint density at radius 1 is 1.15 bits per heavy atom. The predicted molar refractivity (Wildman–Crippen MR) is 128 cm³/mol. The summed E-state index contributed by atoms with van der Waals surface area (Å²) in [7, 11) is 0. The number of carbonyl (C=O) groups is 2. The van der Waals surface area contributed by atoms with E-state index in [-0.39, 0.29) is 24.3 Å². The number of ether oxygens (including phenoxy) is 1. The van der Waals surface area contributed by atoms with Crippen LogP contribution in [0.5, 0.6) is 0 Å². The molecule has 2 fully saturated rings. The molecular formula is C27H33N3O3. The molecule has 1 aromatic heterocycles. The summed E-state index contributed by atoms with van der Waals surface area (Å²) in [6.07, 6.45) is 10.9. The Hall–Kier alpha value is -2.99. The third kappa shape index (κ3) is 5.50. The van der Waals surface area contributed by atoms with Gasteiger partial charge in [0.15, 0.2) is 5.60 Å². The lowest BCUT2D eigenvalue weighted by molar-refractivity contribution is -0.168. The summed E-state index contributed by atoms with van der Waals surface area (Å²) in [5.74, 6) is 0.0512. The maximum atomic E-state index is 13.3. The molecule has 6 heteroatoms. The molecular weight excluding hydrogens is 414 g/mol. The second kappa shape index (κ2) is 10.8. The van der Waals surface area contributed by atoms with Gasteiger partial charge in [-0.2, -0.15) is 0 Å². The first kappa shape index (κ1) is 23.2. The Morgan fingerprint density at radius 2 is 1.94 bits per heavy atom. The Balaban J connectivity index is 1.54. The van der Waals surface area contributed by atoms with E-state index in [0.29, 0.717) is 26.1 Å². The fraction of sp³-hybridized carbons (Fsp3) is 0.444. The normalized spacial score (nSPS) is 21.4. The summed E-state index contributed by atoms with van der Waals surface area (Å²) in [6, 6.07) is 12.1. The smallest absolute Gasteiger partial charge is 0.254 e. The van der Waals surface area contributed by atoms with Gasteiger partial charge in [-0.05, 0) is 35.6 Å².